The van der Waals surface area contributed by atoms with E-state index < -0.39 is 28.3 Å². The van der Waals surface area contributed by atoms with Gasteiger partial charge in [-0.3, -0.25) is 9.59 Å². The maximum Gasteiger partial charge on any atom is 0.243 e. The Morgan fingerprint density at radius 2 is 1.65 bits per heavy atom. The molecular weight excluding hydrogens is 555 g/mol. The number of sulfonamides is 1. The molecule has 7 nitrogen and oxygen atoms in total. The fraction of sp³-hybridized carbons (Fsp3) is 0.267. The molecule has 0 spiro atoms. The number of amides is 1. The number of benzene rings is 3. The summed E-state index contributed by atoms with van der Waals surface area (Å²) in [5.74, 6) is -0.750. The van der Waals surface area contributed by atoms with Crippen LogP contribution < -0.4 is 5.43 Å². The summed E-state index contributed by atoms with van der Waals surface area (Å²) in [7, 11) is -4.03. The maximum absolute atomic E-state index is 13.8. The quantitative estimate of drug-likeness (QED) is 0.221. The molecule has 0 aliphatic heterocycles. The first-order chi connectivity index (χ1) is 19.0. The van der Waals surface area contributed by atoms with Crippen molar-refractivity contribution in [3.8, 4) is 0 Å². The molecule has 40 heavy (non-hydrogen) atoms. The lowest BCUT2D eigenvalue weighted by Crippen LogP contribution is -2.43. The highest BCUT2D eigenvalue weighted by atomic mass is 35.5. The van der Waals surface area contributed by atoms with Gasteiger partial charge in [0.1, 0.15) is 11.4 Å². The zero-order valence-electron chi connectivity index (χ0n) is 22.2. The van der Waals surface area contributed by atoms with Gasteiger partial charge in [0.25, 0.3) is 0 Å². The summed E-state index contributed by atoms with van der Waals surface area (Å²) in [5.41, 5.74) is 0.989. The van der Waals surface area contributed by atoms with Crippen LogP contribution in [0.3, 0.4) is 0 Å². The first-order valence-corrected chi connectivity index (χ1v) is 14.6. The molecule has 0 bridgehead atoms. The van der Waals surface area contributed by atoms with Crippen LogP contribution in [-0.2, 0) is 27.9 Å². The van der Waals surface area contributed by atoms with Crippen molar-refractivity contribution in [1.29, 1.82) is 0 Å². The van der Waals surface area contributed by atoms with Gasteiger partial charge >= 0.3 is 0 Å². The molecular formula is C30H30ClFN2O5S. The average Bonchev–Trinajstić information content (AvgIpc) is 2.93. The highest BCUT2D eigenvalue weighted by molar-refractivity contribution is 7.89. The van der Waals surface area contributed by atoms with Crippen molar-refractivity contribution in [3.05, 3.63) is 111 Å². The smallest absolute Gasteiger partial charge is 0.243 e. The van der Waals surface area contributed by atoms with Crippen molar-refractivity contribution in [3.63, 3.8) is 0 Å². The van der Waals surface area contributed by atoms with Crippen molar-refractivity contribution in [2.75, 3.05) is 13.1 Å². The molecule has 1 aromatic heterocycles. The second-order valence-corrected chi connectivity index (χ2v) is 12.3. The van der Waals surface area contributed by atoms with Gasteiger partial charge < -0.3 is 9.32 Å². The minimum atomic E-state index is -4.03. The van der Waals surface area contributed by atoms with Crippen LogP contribution in [0.1, 0.15) is 31.4 Å². The summed E-state index contributed by atoms with van der Waals surface area (Å²) in [6.07, 6.45) is 1.85. The van der Waals surface area contributed by atoms with E-state index >= 15 is 0 Å². The zero-order chi connectivity index (χ0) is 28.9. The van der Waals surface area contributed by atoms with Crippen LogP contribution in [0.25, 0.3) is 11.0 Å². The third-order valence-electron chi connectivity index (χ3n) is 6.47. The summed E-state index contributed by atoms with van der Waals surface area (Å²) in [4.78, 5) is 28.4. The number of fused-ring (bicyclic) bond motifs is 1. The molecule has 0 N–H and O–H groups in total. The Balaban J connectivity index is 1.67. The van der Waals surface area contributed by atoms with Gasteiger partial charge in [-0.05, 0) is 66.4 Å². The fourth-order valence-electron chi connectivity index (χ4n) is 4.17. The Hall–Kier alpha value is -3.53. The van der Waals surface area contributed by atoms with Crippen LogP contribution >= 0.6 is 11.6 Å². The Kier molecular flexibility index (Phi) is 9.40. The standard InChI is InChI=1S/C30H30ClFN2O5S/c1-21(2)15-16-34(40(37,38)26-13-9-24(31)10-14-26)19-29(35)33(17-22-7-11-25(32)12-8-22)18-23-20-39-28-6-4-3-5-27(28)30(23)36/h3-14,20-21H,15-19H2,1-2H3. The van der Waals surface area contributed by atoms with E-state index in [2.05, 4.69) is 0 Å². The molecule has 0 atom stereocenters. The topological polar surface area (TPSA) is 87.9 Å². The van der Waals surface area contributed by atoms with Gasteiger partial charge in [0.15, 0.2) is 5.43 Å². The molecule has 210 valence electrons. The highest BCUT2D eigenvalue weighted by Crippen LogP contribution is 2.21. The first kappa shape index (κ1) is 29.5. The number of halogens is 2. The summed E-state index contributed by atoms with van der Waals surface area (Å²) in [6, 6.07) is 18.2. The molecule has 0 aliphatic carbocycles. The molecule has 0 radical (unpaired) electrons. The van der Waals surface area contributed by atoms with E-state index in [1.807, 2.05) is 13.8 Å². The van der Waals surface area contributed by atoms with Crippen molar-refractivity contribution in [1.82, 2.24) is 9.21 Å². The molecule has 0 fully saturated rings. The van der Waals surface area contributed by atoms with Gasteiger partial charge in [-0.15, -0.1) is 0 Å². The van der Waals surface area contributed by atoms with Gasteiger partial charge in [-0.25, -0.2) is 12.8 Å². The molecule has 3 aromatic carbocycles. The Morgan fingerprint density at radius 1 is 0.975 bits per heavy atom. The largest absolute Gasteiger partial charge is 0.464 e. The van der Waals surface area contributed by atoms with Crippen LogP contribution in [0.5, 0.6) is 0 Å². The van der Waals surface area contributed by atoms with Crippen LogP contribution in [0.2, 0.25) is 5.02 Å². The second-order valence-electron chi connectivity index (χ2n) is 9.94. The molecule has 0 unspecified atom stereocenters. The SMILES string of the molecule is CC(C)CCN(CC(=O)N(Cc1ccc(F)cc1)Cc1coc2ccccc2c1=O)S(=O)(=O)c1ccc(Cl)cc1. The highest BCUT2D eigenvalue weighted by Gasteiger charge is 2.29. The van der Waals surface area contributed by atoms with E-state index in [9.17, 15) is 22.4 Å². The van der Waals surface area contributed by atoms with Crippen molar-refractivity contribution in [2.24, 2.45) is 5.92 Å². The summed E-state index contributed by atoms with van der Waals surface area (Å²) < 4.78 is 47.5. The zero-order valence-corrected chi connectivity index (χ0v) is 23.8. The van der Waals surface area contributed by atoms with Crippen molar-refractivity contribution >= 4 is 38.5 Å². The van der Waals surface area contributed by atoms with Crippen LogP contribution in [-0.4, -0.2) is 36.6 Å². The molecule has 4 aromatic rings. The van der Waals surface area contributed by atoms with Gasteiger partial charge in [0, 0.05) is 18.1 Å². The van der Waals surface area contributed by atoms with E-state index in [0.29, 0.717) is 28.0 Å². The molecule has 1 amide bonds. The first-order valence-electron chi connectivity index (χ1n) is 12.8. The summed E-state index contributed by atoms with van der Waals surface area (Å²) in [6.45, 7) is 3.52. The number of nitrogens with zero attached hydrogens (tertiary/aromatic N) is 2. The monoisotopic (exact) mass is 584 g/mol. The number of rotatable bonds is 11. The van der Waals surface area contributed by atoms with E-state index in [0.717, 1.165) is 4.31 Å². The molecule has 10 heteroatoms. The second kappa shape index (κ2) is 12.8. The predicted octanol–water partition coefficient (Wildman–Crippen LogP) is 5.85. The Morgan fingerprint density at radius 3 is 2.33 bits per heavy atom. The molecule has 0 saturated carbocycles. The van der Waals surface area contributed by atoms with Gasteiger partial charge in [-0.2, -0.15) is 4.31 Å². The van der Waals surface area contributed by atoms with Gasteiger partial charge in [0.2, 0.25) is 15.9 Å². The lowest BCUT2D eigenvalue weighted by molar-refractivity contribution is -0.132. The minimum absolute atomic E-state index is 0.0220. The third-order valence-corrected chi connectivity index (χ3v) is 8.58. The summed E-state index contributed by atoms with van der Waals surface area (Å²) in [5, 5.41) is 0.765. The van der Waals surface area contributed by atoms with E-state index in [1.165, 1.54) is 47.6 Å². The van der Waals surface area contributed by atoms with Crippen LogP contribution in [0.15, 0.2) is 93.2 Å². The molecule has 1 heterocycles. The normalized spacial score (nSPS) is 11.8. The van der Waals surface area contributed by atoms with E-state index in [4.69, 9.17) is 16.0 Å². The maximum atomic E-state index is 13.8. The van der Waals surface area contributed by atoms with E-state index in [1.54, 1.807) is 36.4 Å². The molecule has 0 aliphatic rings. The Labute approximate surface area is 237 Å². The number of para-hydroxylation sites is 1. The lowest BCUT2D eigenvalue weighted by Gasteiger charge is -2.28. The van der Waals surface area contributed by atoms with E-state index in [-0.39, 0.29) is 41.4 Å². The summed E-state index contributed by atoms with van der Waals surface area (Å²) >= 11 is 5.96. The lowest BCUT2D eigenvalue weighted by atomic mass is 10.1. The molecule has 4 rings (SSSR count). The van der Waals surface area contributed by atoms with Crippen molar-refractivity contribution in [2.45, 2.75) is 38.3 Å². The Bertz CT molecular complexity index is 1640. The number of hydrogen-bond donors (Lipinski definition) is 0. The predicted molar refractivity (Wildman–Crippen MR) is 153 cm³/mol. The number of hydrogen-bond acceptors (Lipinski definition) is 5. The van der Waals surface area contributed by atoms with Gasteiger partial charge in [0.05, 0.1) is 35.2 Å². The average molecular weight is 585 g/mol. The van der Waals surface area contributed by atoms with Crippen LogP contribution in [0, 0.1) is 11.7 Å². The number of carbonyl (C=O) groups is 1. The minimum Gasteiger partial charge on any atom is -0.464 e. The number of carbonyl (C=O) groups excluding carboxylic acids is 1. The van der Waals surface area contributed by atoms with Crippen molar-refractivity contribution < 1.29 is 22.0 Å². The third kappa shape index (κ3) is 7.15. The van der Waals surface area contributed by atoms with Crippen LogP contribution in [0.4, 0.5) is 4.39 Å². The fourth-order valence-corrected chi connectivity index (χ4v) is 5.70. The van der Waals surface area contributed by atoms with Gasteiger partial charge in [-0.1, -0.05) is 49.7 Å². The molecule has 0 saturated heterocycles.